The average molecular weight is 315 g/mol. The smallest absolute Gasteiger partial charge is 0.0817 e. The molecule has 3 rings (SSSR count). The number of rotatable bonds is 2. The number of hydrogen-bond acceptors (Lipinski definition) is 1. The number of halogens is 1. The fraction of sp³-hybridized carbons (Fsp3) is 0.188. The van der Waals surface area contributed by atoms with Gasteiger partial charge in [0, 0.05) is 6.20 Å². The van der Waals surface area contributed by atoms with Crippen molar-refractivity contribution in [1.29, 1.82) is 0 Å². The Bertz CT molecular complexity index is 640. The monoisotopic (exact) mass is 314 g/mol. The number of allylic oxidation sites excluding steroid dienone is 4. The molecule has 0 spiro atoms. The summed E-state index contributed by atoms with van der Waals surface area (Å²) in [5, 5.41) is 4.40. The lowest BCUT2D eigenvalue weighted by Gasteiger charge is -2.28. The van der Waals surface area contributed by atoms with Crippen LogP contribution in [-0.2, 0) is 5.54 Å². The molecule has 0 saturated carbocycles. The molecule has 1 aliphatic carbocycles. The first-order valence-electron chi connectivity index (χ1n) is 6.33. The average Bonchev–Trinajstić information content (AvgIpc) is 2.88. The van der Waals surface area contributed by atoms with Crippen LogP contribution < -0.4 is 0 Å². The minimum absolute atomic E-state index is 0.0791. The van der Waals surface area contributed by atoms with Gasteiger partial charge in [0.25, 0.3) is 0 Å². The quantitative estimate of drug-likeness (QED) is 0.803. The summed E-state index contributed by atoms with van der Waals surface area (Å²) in [4.78, 5) is 0. The van der Waals surface area contributed by atoms with Gasteiger partial charge >= 0.3 is 0 Å². The third-order valence-electron chi connectivity index (χ3n) is 3.54. The molecule has 1 heterocycles. The van der Waals surface area contributed by atoms with E-state index in [1.165, 1.54) is 11.1 Å². The Kier molecular flexibility index (Phi) is 3.15. The highest BCUT2D eigenvalue weighted by molar-refractivity contribution is 9.10. The van der Waals surface area contributed by atoms with E-state index >= 15 is 0 Å². The van der Waals surface area contributed by atoms with Crippen molar-refractivity contribution in [2.75, 3.05) is 0 Å². The van der Waals surface area contributed by atoms with Crippen LogP contribution in [0, 0.1) is 0 Å². The molecule has 1 unspecified atom stereocenters. The summed E-state index contributed by atoms with van der Waals surface area (Å²) in [6.45, 7) is 2.20. The van der Waals surface area contributed by atoms with E-state index in [2.05, 4.69) is 70.4 Å². The van der Waals surface area contributed by atoms with Crippen LogP contribution in [0.4, 0.5) is 0 Å². The summed E-state index contributed by atoms with van der Waals surface area (Å²) in [6.07, 6.45) is 11.5. The molecule has 2 aromatic rings. The summed E-state index contributed by atoms with van der Waals surface area (Å²) in [6, 6.07) is 10.5. The van der Waals surface area contributed by atoms with Crippen molar-refractivity contribution in [3.63, 3.8) is 0 Å². The third-order valence-corrected chi connectivity index (χ3v) is 3.95. The maximum Gasteiger partial charge on any atom is 0.0817 e. The second-order valence-corrected chi connectivity index (χ2v) is 5.94. The van der Waals surface area contributed by atoms with E-state index in [9.17, 15) is 0 Å². The number of hydrogen-bond donors (Lipinski definition) is 0. The molecule has 0 fully saturated rings. The Morgan fingerprint density at radius 3 is 2.63 bits per heavy atom. The molecule has 0 radical (unpaired) electrons. The first-order chi connectivity index (χ1) is 9.17. The Morgan fingerprint density at radius 2 is 2.05 bits per heavy atom. The molecule has 96 valence electrons. The maximum atomic E-state index is 4.40. The minimum Gasteiger partial charge on any atom is -0.262 e. The van der Waals surface area contributed by atoms with Crippen molar-refractivity contribution in [2.24, 2.45) is 0 Å². The highest BCUT2D eigenvalue weighted by Gasteiger charge is 2.25. The van der Waals surface area contributed by atoms with E-state index in [-0.39, 0.29) is 5.54 Å². The lowest BCUT2D eigenvalue weighted by Crippen LogP contribution is -2.29. The molecule has 0 amide bonds. The van der Waals surface area contributed by atoms with Gasteiger partial charge in [0.15, 0.2) is 0 Å². The first kappa shape index (κ1) is 12.4. The molecule has 0 N–H and O–H groups in total. The molecule has 0 bridgehead atoms. The van der Waals surface area contributed by atoms with Crippen molar-refractivity contribution in [1.82, 2.24) is 9.78 Å². The fourth-order valence-electron chi connectivity index (χ4n) is 2.32. The van der Waals surface area contributed by atoms with Crippen LogP contribution in [0.25, 0.3) is 5.57 Å². The van der Waals surface area contributed by atoms with Crippen LogP contribution in [0.1, 0.15) is 18.9 Å². The van der Waals surface area contributed by atoms with Crippen molar-refractivity contribution >= 4 is 21.5 Å². The largest absolute Gasteiger partial charge is 0.262 e. The molecule has 19 heavy (non-hydrogen) atoms. The molecule has 1 aromatic heterocycles. The van der Waals surface area contributed by atoms with Crippen molar-refractivity contribution < 1.29 is 0 Å². The maximum absolute atomic E-state index is 4.40. The van der Waals surface area contributed by atoms with Crippen LogP contribution in [0.5, 0.6) is 0 Å². The predicted octanol–water partition coefficient (Wildman–Crippen LogP) is 4.40. The van der Waals surface area contributed by atoms with Gasteiger partial charge < -0.3 is 0 Å². The van der Waals surface area contributed by atoms with Gasteiger partial charge in [0.05, 0.1) is 16.2 Å². The van der Waals surface area contributed by atoms with E-state index in [1.54, 1.807) is 0 Å². The summed E-state index contributed by atoms with van der Waals surface area (Å²) < 4.78 is 3.02. The van der Waals surface area contributed by atoms with Crippen LogP contribution >= 0.6 is 15.9 Å². The number of aromatic nitrogens is 2. The van der Waals surface area contributed by atoms with Gasteiger partial charge in [0.1, 0.15) is 0 Å². The van der Waals surface area contributed by atoms with Gasteiger partial charge in [-0.15, -0.1) is 0 Å². The zero-order valence-corrected chi connectivity index (χ0v) is 12.3. The number of nitrogens with zero attached hydrogens (tertiary/aromatic N) is 2. The highest BCUT2D eigenvalue weighted by Crippen LogP contribution is 2.31. The lowest BCUT2D eigenvalue weighted by molar-refractivity contribution is 0.370. The summed E-state index contributed by atoms with van der Waals surface area (Å²) in [7, 11) is 0. The van der Waals surface area contributed by atoms with Gasteiger partial charge in [-0.05, 0) is 40.4 Å². The van der Waals surface area contributed by atoms with Gasteiger partial charge in [-0.1, -0.05) is 48.6 Å². The van der Waals surface area contributed by atoms with E-state index in [0.29, 0.717) is 0 Å². The standard InChI is InChI=1S/C16H15BrN2/c1-16(19-12-15(17)11-18-19)9-7-14(8-10-16)13-5-3-2-4-6-13/h2-9,11-12H,10H2,1H3. The van der Waals surface area contributed by atoms with Gasteiger partial charge in [-0.3, -0.25) is 4.68 Å². The molecule has 3 heteroatoms. The zero-order chi connectivity index (χ0) is 13.3. The molecular formula is C16H15BrN2. The molecule has 0 saturated heterocycles. The van der Waals surface area contributed by atoms with Gasteiger partial charge in [0.2, 0.25) is 0 Å². The number of benzene rings is 1. The summed E-state index contributed by atoms with van der Waals surface area (Å²) >= 11 is 3.45. The van der Waals surface area contributed by atoms with E-state index < -0.39 is 0 Å². The van der Waals surface area contributed by atoms with Crippen molar-refractivity contribution in [3.8, 4) is 0 Å². The highest BCUT2D eigenvalue weighted by atomic mass is 79.9. The SMILES string of the molecule is CC1(n2cc(Br)cn2)C=CC(c2ccccc2)=CC1. The van der Waals surface area contributed by atoms with Crippen LogP contribution in [0.15, 0.2) is 65.4 Å². The fourth-order valence-corrected chi connectivity index (χ4v) is 2.60. The van der Waals surface area contributed by atoms with E-state index in [4.69, 9.17) is 0 Å². The lowest BCUT2D eigenvalue weighted by atomic mass is 9.88. The van der Waals surface area contributed by atoms with E-state index in [0.717, 1.165) is 10.9 Å². The Morgan fingerprint density at radius 1 is 1.26 bits per heavy atom. The Balaban J connectivity index is 1.86. The molecule has 1 aromatic carbocycles. The Hall–Kier alpha value is -1.61. The summed E-state index contributed by atoms with van der Waals surface area (Å²) in [5.41, 5.74) is 2.47. The molecule has 1 aliphatic rings. The zero-order valence-electron chi connectivity index (χ0n) is 10.8. The van der Waals surface area contributed by atoms with E-state index in [1.807, 2.05) is 23.1 Å². The minimum atomic E-state index is -0.0791. The van der Waals surface area contributed by atoms with Crippen LogP contribution in [0.3, 0.4) is 0 Å². The molecule has 0 aliphatic heterocycles. The molecular weight excluding hydrogens is 300 g/mol. The summed E-state index contributed by atoms with van der Waals surface area (Å²) in [5.74, 6) is 0. The Labute approximate surface area is 121 Å². The normalized spacial score (nSPS) is 22.3. The molecule has 1 atom stereocenters. The predicted molar refractivity (Wildman–Crippen MR) is 81.8 cm³/mol. The van der Waals surface area contributed by atoms with Crippen LogP contribution in [-0.4, -0.2) is 9.78 Å². The van der Waals surface area contributed by atoms with Crippen LogP contribution in [0.2, 0.25) is 0 Å². The van der Waals surface area contributed by atoms with Crippen molar-refractivity contribution in [2.45, 2.75) is 18.9 Å². The first-order valence-corrected chi connectivity index (χ1v) is 7.12. The topological polar surface area (TPSA) is 17.8 Å². The second kappa shape index (κ2) is 4.82. The molecule has 2 nitrogen and oxygen atoms in total. The van der Waals surface area contributed by atoms with Gasteiger partial charge in [-0.25, -0.2) is 0 Å². The third kappa shape index (κ3) is 2.43. The van der Waals surface area contributed by atoms with Gasteiger partial charge in [-0.2, -0.15) is 5.10 Å². The second-order valence-electron chi connectivity index (χ2n) is 5.02. The van der Waals surface area contributed by atoms with Crippen molar-refractivity contribution in [3.05, 3.63) is 71.0 Å².